The summed E-state index contributed by atoms with van der Waals surface area (Å²) in [5.74, 6) is -5.85. The van der Waals surface area contributed by atoms with Gasteiger partial charge in [0.05, 0.1) is 12.1 Å². The molecule has 1 aliphatic heterocycles. The molecular weight excluding hydrogens is 424 g/mol. The quantitative estimate of drug-likeness (QED) is 0.559. The largest absolute Gasteiger partial charge is 0.477 e. The number of hydrogen-bond acceptors (Lipinski definition) is 4. The third-order valence-corrected chi connectivity index (χ3v) is 6.64. The molecular formula is C23H25F2NO4S. The lowest BCUT2D eigenvalue weighted by atomic mass is 9.94. The molecule has 166 valence electrons. The van der Waals surface area contributed by atoms with E-state index in [1.165, 1.54) is 18.2 Å². The van der Waals surface area contributed by atoms with Crippen LogP contribution in [0.4, 0.5) is 8.78 Å². The van der Waals surface area contributed by atoms with Crippen LogP contribution in [0.1, 0.15) is 45.8 Å². The molecule has 31 heavy (non-hydrogen) atoms. The van der Waals surface area contributed by atoms with Crippen LogP contribution in [-0.2, 0) is 11.2 Å². The third-order valence-electron chi connectivity index (χ3n) is 5.50. The molecule has 1 fully saturated rings. The average molecular weight is 450 g/mol. The van der Waals surface area contributed by atoms with Crippen LogP contribution < -0.4 is 0 Å². The van der Waals surface area contributed by atoms with E-state index in [9.17, 15) is 23.5 Å². The number of carboxylic acid groups (broad SMARTS) is 1. The van der Waals surface area contributed by atoms with E-state index in [2.05, 4.69) is 0 Å². The smallest absolute Gasteiger partial charge is 0.345 e. The fraction of sp³-hybridized carbons (Fsp3) is 0.391. The molecule has 2 aromatic rings. The monoisotopic (exact) mass is 449 g/mol. The van der Waals surface area contributed by atoms with Crippen LogP contribution in [0, 0.1) is 0 Å². The summed E-state index contributed by atoms with van der Waals surface area (Å²) >= 11 is 1.14. The Morgan fingerprint density at radius 3 is 2.65 bits per heavy atom. The molecule has 0 aliphatic carbocycles. The van der Waals surface area contributed by atoms with E-state index in [0.717, 1.165) is 26.7 Å². The van der Waals surface area contributed by atoms with E-state index in [0.29, 0.717) is 12.8 Å². The Kier molecular flexibility index (Phi) is 7.23. The molecule has 1 saturated heterocycles. The second-order valence-electron chi connectivity index (χ2n) is 7.72. The molecule has 2 heterocycles. The summed E-state index contributed by atoms with van der Waals surface area (Å²) in [6.45, 7) is 1.98. The lowest BCUT2D eigenvalue weighted by molar-refractivity contribution is -0.148. The SMILES string of the molecule is CC(c1ccccc1)[C@H](O)/C=C/C1CC(F)(F)C(=O)N1CCCc1ccc(C(=O)O)s1. The van der Waals surface area contributed by atoms with Crippen LogP contribution in [-0.4, -0.2) is 51.6 Å². The number of aliphatic hydroxyl groups is 1. The summed E-state index contributed by atoms with van der Waals surface area (Å²) in [7, 11) is 0. The molecule has 0 bridgehead atoms. The number of halogens is 2. The summed E-state index contributed by atoms with van der Waals surface area (Å²) in [4.78, 5) is 25.4. The molecule has 3 rings (SSSR count). The summed E-state index contributed by atoms with van der Waals surface area (Å²) < 4.78 is 28.2. The first-order chi connectivity index (χ1) is 14.7. The van der Waals surface area contributed by atoms with Crippen molar-refractivity contribution in [3.8, 4) is 0 Å². The number of aliphatic hydroxyl groups excluding tert-OH is 1. The van der Waals surface area contributed by atoms with Gasteiger partial charge in [-0.25, -0.2) is 4.79 Å². The van der Waals surface area contributed by atoms with Crippen molar-refractivity contribution < 1.29 is 28.6 Å². The predicted molar refractivity (Wildman–Crippen MR) is 115 cm³/mol. The Labute approximate surface area is 183 Å². The van der Waals surface area contributed by atoms with Crippen molar-refractivity contribution in [1.29, 1.82) is 0 Å². The summed E-state index contributed by atoms with van der Waals surface area (Å²) in [6, 6.07) is 11.8. The Morgan fingerprint density at radius 2 is 2.00 bits per heavy atom. The zero-order chi connectivity index (χ0) is 22.6. The number of thiophene rings is 1. The van der Waals surface area contributed by atoms with Crippen LogP contribution in [0.2, 0.25) is 0 Å². The minimum Gasteiger partial charge on any atom is -0.477 e. The van der Waals surface area contributed by atoms with Gasteiger partial charge in [0.15, 0.2) is 0 Å². The number of amides is 1. The van der Waals surface area contributed by atoms with Crippen molar-refractivity contribution in [3.05, 3.63) is 69.9 Å². The van der Waals surface area contributed by atoms with Gasteiger partial charge >= 0.3 is 11.9 Å². The normalized spacial score (nSPS) is 20.3. The number of nitrogens with zero attached hydrogens (tertiary/aromatic N) is 1. The van der Waals surface area contributed by atoms with Gasteiger partial charge in [-0.1, -0.05) is 49.4 Å². The highest BCUT2D eigenvalue weighted by Gasteiger charge is 2.52. The van der Waals surface area contributed by atoms with Gasteiger partial charge in [0.2, 0.25) is 0 Å². The van der Waals surface area contributed by atoms with Gasteiger partial charge in [0.25, 0.3) is 5.91 Å². The number of aryl methyl sites for hydroxylation is 1. The zero-order valence-corrected chi connectivity index (χ0v) is 17.9. The van der Waals surface area contributed by atoms with Gasteiger partial charge in [0, 0.05) is 23.8 Å². The van der Waals surface area contributed by atoms with Crippen molar-refractivity contribution in [2.24, 2.45) is 0 Å². The molecule has 2 N–H and O–H groups in total. The molecule has 0 saturated carbocycles. The van der Waals surface area contributed by atoms with Gasteiger partial charge in [0.1, 0.15) is 4.88 Å². The van der Waals surface area contributed by atoms with Crippen molar-refractivity contribution >= 4 is 23.2 Å². The highest BCUT2D eigenvalue weighted by molar-refractivity contribution is 7.13. The predicted octanol–water partition coefficient (Wildman–Crippen LogP) is 4.34. The summed E-state index contributed by atoms with van der Waals surface area (Å²) in [5, 5.41) is 19.4. The molecule has 0 spiro atoms. The third kappa shape index (κ3) is 5.57. The minimum absolute atomic E-state index is 0.133. The van der Waals surface area contributed by atoms with Crippen molar-refractivity contribution in [1.82, 2.24) is 4.90 Å². The van der Waals surface area contributed by atoms with Crippen molar-refractivity contribution in [3.63, 3.8) is 0 Å². The lowest BCUT2D eigenvalue weighted by Crippen LogP contribution is -2.36. The first kappa shape index (κ1) is 23.1. The Balaban J connectivity index is 1.62. The number of carboxylic acids is 1. The Morgan fingerprint density at radius 1 is 1.29 bits per heavy atom. The number of carbonyl (C=O) groups is 2. The number of carbonyl (C=O) groups excluding carboxylic acids is 1. The van der Waals surface area contributed by atoms with E-state index < -0.39 is 36.4 Å². The molecule has 2 unspecified atom stereocenters. The second kappa shape index (κ2) is 9.70. The maximum atomic E-state index is 14.1. The molecule has 0 radical (unpaired) electrons. The van der Waals surface area contributed by atoms with Gasteiger partial charge in [-0.15, -0.1) is 11.3 Å². The zero-order valence-electron chi connectivity index (χ0n) is 17.1. The van der Waals surface area contributed by atoms with Gasteiger partial charge in [-0.2, -0.15) is 8.78 Å². The van der Waals surface area contributed by atoms with Crippen molar-refractivity contribution in [2.75, 3.05) is 6.54 Å². The molecule has 1 aromatic heterocycles. The van der Waals surface area contributed by atoms with E-state index in [-0.39, 0.29) is 17.3 Å². The topological polar surface area (TPSA) is 77.8 Å². The molecule has 1 amide bonds. The number of benzene rings is 1. The number of likely N-dealkylation sites (tertiary alicyclic amines) is 1. The van der Waals surface area contributed by atoms with E-state index in [1.54, 1.807) is 6.07 Å². The van der Waals surface area contributed by atoms with Crippen LogP contribution in [0.25, 0.3) is 0 Å². The molecule has 1 aromatic carbocycles. The fourth-order valence-electron chi connectivity index (χ4n) is 3.67. The highest BCUT2D eigenvalue weighted by atomic mass is 32.1. The maximum Gasteiger partial charge on any atom is 0.345 e. The van der Waals surface area contributed by atoms with Crippen LogP contribution in [0.3, 0.4) is 0 Å². The van der Waals surface area contributed by atoms with Crippen LogP contribution >= 0.6 is 11.3 Å². The van der Waals surface area contributed by atoms with Gasteiger partial charge < -0.3 is 15.1 Å². The van der Waals surface area contributed by atoms with E-state index in [4.69, 9.17) is 5.11 Å². The first-order valence-corrected chi connectivity index (χ1v) is 10.9. The van der Waals surface area contributed by atoms with E-state index >= 15 is 0 Å². The highest BCUT2D eigenvalue weighted by Crippen LogP contribution is 2.34. The first-order valence-electron chi connectivity index (χ1n) is 10.1. The fourth-order valence-corrected chi connectivity index (χ4v) is 4.56. The Bertz CT molecular complexity index is 944. The number of hydrogen-bond donors (Lipinski definition) is 2. The summed E-state index contributed by atoms with van der Waals surface area (Å²) in [5.41, 5.74) is 0.931. The van der Waals surface area contributed by atoms with Crippen LogP contribution in [0.15, 0.2) is 54.6 Å². The second-order valence-corrected chi connectivity index (χ2v) is 8.89. The standard InChI is InChI=1S/C23H25F2NO4S/c1-15(16-6-3-2-4-7-16)19(27)11-9-17-14-23(24,25)22(30)26(17)13-5-8-18-10-12-20(31-18)21(28)29/h2-4,6-7,9-12,15,17,19,27H,5,8,13-14H2,1H3,(H,28,29)/b11-9+/t15?,17?,19-/m1/s1. The lowest BCUT2D eigenvalue weighted by Gasteiger charge is -2.22. The minimum atomic E-state index is -3.43. The molecule has 1 aliphatic rings. The molecule has 3 atom stereocenters. The van der Waals surface area contributed by atoms with E-state index in [1.807, 2.05) is 37.3 Å². The maximum absolute atomic E-state index is 14.1. The van der Waals surface area contributed by atoms with Crippen LogP contribution in [0.5, 0.6) is 0 Å². The number of aromatic carboxylic acids is 1. The van der Waals surface area contributed by atoms with Crippen molar-refractivity contribution in [2.45, 2.75) is 50.2 Å². The number of rotatable bonds is 9. The van der Waals surface area contributed by atoms with Gasteiger partial charge in [-0.05, 0) is 30.5 Å². The van der Waals surface area contributed by atoms with Gasteiger partial charge in [-0.3, -0.25) is 4.79 Å². The average Bonchev–Trinajstić information content (AvgIpc) is 3.30. The number of alkyl halides is 2. The molecule has 8 heteroatoms. The Hall–Kier alpha value is -2.58. The molecule has 5 nitrogen and oxygen atoms in total. The summed E-state index contributed by atoms with van der Waals surface area (Å²) in [6.07, 6.45) is 2.44.